The summed E-state index contributed by atoms with van der Waals surface area (Å²) in [6.07, 6.45) is 3.45. The van der Waals surface area contributed by atoms with E-state index in [-0.39, 0.29) is 5.54 Å². The molecule has 0 radical (unpaired) electrons. The van der Waals surface area contributed by atoms with E-state index >= 15 is 0 Å². The van der Waals surface area contributed by atoms with Crippen LogP contribution in [-0.2, 0) is 0 Å². The largest absolute Gasteiger partial charge is 0.461 e. The third-order valence-corrected chi connectivity index (χ3v) is 2.94. The average Bonchev–Trinajstić information content (AvgIpc) is 2.96. The lowest BCUT2D eigenvalue weighted by Gasteiger charge is -2.23. The Bertz CT molecular complexity index is 735. The van der Waals surface area contributed by atoms with E-state index in [1.165, 1.54) is 0 Å². The van der Waals surface area contributed by atoms with Crippen molar-refractivity contribution in [2.24, 2.45) is 0 Å². The number of fused-ring (bicyclic) bond motifs is 1. The van der Waals surface area contributed by atoms with Gasteiger partial charge in [-0.05, 0) is 51.5 Å². The van der Waals surface area contributed by atoms with E-state index in [2.05, 4.69) is 36.2 Å². The van der Waals surface area contributed by atoms with Crippen LogP contribution in [0.1, 0.15) is 26.3 Å². The molecule has 0 unspecified atom stereocenters. The molecule has 0 aliphatic rings. The monoisotopic (exact) mass is 270 g/mol. The molecule has 0 aliphatic heterocycles. The third-order valence-electron chi connectivity index (χ3n) is 2.94. The highest BCUT2D eigenvalue weighted by atomic mass is 16.3. The molecule has 5 heteroatoms. The van der Waals surface area contributed by atoms with Crippen molar-refractivity contribution in [1.29, 1.82) is 0 Å². The molecule has 0 saturated heterocycles. The first-order valence-electron chi connectivity index (χ1n) is 6.62. The number of furan rings is 1. The van der Waals surface area contributed by atoms with E-state index in [9.17, 15) is 0 Å². The summed E-state index contributed by atoms with van der Waals surface area (Å²) < 4.78 is 7.40. The zero-order chi connectivity index (χ0) is 14.3. The quantitative estimate of drug-likeness (QED) is 0.776. The maximum Gasteiger partial charge on any atom is 0.197 e. The van der Waals surface area contributed by atoms with E-state index in [1.54, 1.807) is 12.5 Å². The molecule has 0 bridgehead atoms. The number of aromatic nitrogens is 3. The van der Waals surface area contributed by atoms with Crippen molar-refractivity contribution in [1.82, 2.24) is 14.6 Å². The van der Waals surface area contributed by atoms with Crippen LogP contribution in [0.3, 0.4) is 0 Å². The van der Waals surface area contributed by atoms with Gasteiger partial charge in [0.05, 0.1) is 6.26 Å². The second-order valence-corrected chi connectivity index (χ2v) is 5.91. The molecule has 1 N–H and O–H groups in total. The molecule has 0 fully saturated rings. The summed E-state index contributed by atoms with van der Waals surface area (Å²) in [5.74, 6) is 1.46. The van der Waals surface area contributed by atoms with Crippen LogP contribution in [-0.4, -0.2) is 20.2 Å². The van der Waals surface area contributed by atoms with Gasteiger partial charge in [-0.15, -0.1) is 0 Å². The lowest BCUT2D eigenvalue weighted by atomic mass is 10.1. The van der Waals surface area contributed by atoms with E-state index in [0.29, 0.717) is 0 Å². The van der Waals surface area contributed by atoms with Crippen molar-refractivity contribution in [3.8, 4) is 11.6 Å². The molecule has 0 spiro atoms. The van der Waals surface area contributed by atoms with Crippen LogP contribution in [0.5, 0.6) is 0 Å². The summed E-state index contributed by atoms with van der Waals surface area (Å²) in [6.45, 7) is 8.33. The van der Waals surface area contributed by atoms with Crippen LogP contribution in [0.25, 0.3) is 22.7 Å². The molecule has 5 nitrogen and oxygen atoms in total. The maximum atomic E-state index is 5.49. The summed E-state index contributed by atoms with van der Waals surface area (Å²) in [4.78, 5) is 9.14. The molecular weight excluding hydrogens is 252 g/mol. The van der Waals surface area contributed by atoms with Crippen molar-refractivity contribution in [2.45, 2.75) is 33.2 Å². The molecule has 0 saturated carbocycles. The number of pyridine rings is 1. The van der Waals surface area contributed by atoms with Gasteiger partial charge >= 0.3 is 0 Å². The van der Waals surface area contributed by atoms with Crippen LogP contribution in [0.2, 0.25) is 0 Å². The fraction of sp³-hybridized carbons (Fsp3) is 0.333. The predicted octanol–water partition coefficient (Wildman–Crippen LogP) is 3.34. The Labute approximate surface area is 117 Å². The summed E-state index contributed by atoms with van der Waals surface area (Å²) in [7, 11) is 0. The smallest absolute Gasteiger partial charge is 0.197 e. The molecule has 0 aliphatic carbocycles. The van der Waals surface area contributed by atoms with Gasteiger partial charge < -0.3 is 9.84 Å². The lowest BCUT2D eigenvalue weighted by Crippen LogP contribution is -2.34. The van der Waals surface area contributed by atoms with E-state index in [1.807, 2.05) is 29.8 Å². The van der Waals surface area contributed by atoms with Gasteiger partial charge in [-0.2, -0.15) is 0 Å². The van der Waals surface area contributed by atoms with Crippen LogP contribution in [0.4, 0.5) is 0 Å². The van der Waals surface area contributed by atoms with Gasteiger partial charge in [0.1, 0.15) is 5.52 Å². The van der Waals surface area contributed by atoms with E-state index < -0.39 is 0 Å². The minimum atomic E-state index is -0.111. The van der Waals surface area contributed by atoms with Crippen LogP contribution in [0.15, 0.2) is 35.1 Å². The second-order valence-electron chi connectivity index (χ2n) is 5.91. The molecule has 0 amide bonds. The number of aryl methyl sites for hydroxylation is 1. The third kappa shape index (κ3) is 2.15. The zero-order valence-electron chi connectivity index (χ0n) is 12.1. The molecule has 104 valence electrons. The number of hydrogen-bond acceptors (Lipinski definition) is 4. The molecular formula is C15H18N4O. The molecule has 3 rings (SSSR count). The highest BCUT2D eigenvalue weighted by molar-refractivity contribution is 5.79. The van der Waals surface area contributed by atoms with Gasteiger partial charge in [-0.25, -0.2) is 14.6 Å². The van der Waals surface area contributed by atoms with Crippen LogP contribution >= 0.6 is 0 Å². The normalized spacial score (nSPS) is 12.0. The Morgan fingerprint density at radius 1 is 1.25 bits per heavy atom. The van der Waals surface area contributed by atoms with Crippen molar-refractivity contribution in [3.05, 3.63) is 36.2 Å². The Morgan fingerprint density at radius 2 is 2.05 bits per heavy atom. The van der Waals surface area contributed by atoms with E-state index in [0.717, 1.165) is 28.3 Å². The topological polar surface area (TPSA) is 55.9 Å². The standard InChI is InChI=1S/C15H18N4O/c1-10-7-8-16-14-12(10)17-13(11-6-5-9-20-11)19(14)18-15(2,3)4/h5-9,18H,1-4H3. The predicted molar refractivity (Wildman–Crippen MR) is 79.1 cm³/mol. The summed E-state index contributed by atoms with van der Waals surface area (Å²) >= 11 is 0. The average molecular weight is 270 g/mol. The number of nitrogens with one attached hydrogen (secondary N) is 1. The van der Waals surface area contributed by atoms with Gasteiger partial charge in [-0.3, -0.25) is 0 Å². The summed E-state index contributed by atoms with van der Waals surface area (Å²) in [6, 6.07) is 5.72. The number of nitrogens with zero attached hydrogens (tertiary/aromatic N) is 3. The van der Waals surface area contributed by atoms with Crippen molar-refractivity contribution < 1.29 is 4.42 Å². The summed E-state index contributed by atoms with van der Waals surface area (Å²) in [5, 5.41) is 0. The van der Waals surface area contributed by atoms with Crippen LogP contribution in [0, 0.1) is 6.92 Å². The molecule has 20 heavy (non-hydrogen) atoms. The first-order chi connectivity index (χ1) is 9.46. The number of rotatable bonds is 2. The first-order valence-corrected chi connectivity index (χ1v) is 6.62. The zero-order valence-corrected chi connectivity index (χ0v) is 12.1. The van der Waals surface area contributed by atoms with Gasteiger partial charge in [0.15, 0.2) is 17.2 Å². The van der Waals surface area contributed by atoms with Gasteiger partial charge in [0, 0.05) is 11.7 Å². The maximum absolute atomic E-state index is 5.49. The van der Waals surface area contributed by atoms with Crippen LogP contribution < -0.4 is 5.43 Å². The minimum absolute atomic E-state index is 0.111. The van der Waals surface area contributed by atoms with Crippen molar-refractivity contribution in [3.63, 3.8) is 0 Å². The van der Waals surface area contributed by atoms with E-state index in [4.69, 9.17) is 4.42 Å². The number of hydrogen-bond donors (Lipinski definition) is 1. The van der Waals surface area contributed by atoms with Crippen molar-refractivity contribution in [2.75, 3.05) is 5.43 Å². The Hall–Kier alpha value is -2.30. The molecule has 0 atom stereocenters. The molecule has 3 aromatic rings. The van der Waals surface area contributed by atoms with Gasteiger partial charge in [0.2, 0.25) is 0 Å². The van der Waals surface area contributed by atoms with Gasteiger partial charge in [-0.1, -0.05) is 0 Å². The summed E-state index contributed by atoms with van der Waals surface area (Å²) in [5.41, 5.74) is 6.10. The number of imidazole rings is 1. The minimum Gasteiger partial charge on any atom is -0.461 e. The first kappa shape index (κ1) is 12.7. The molecule has 3 aromatic heterocycles. The highest BCUT2D eigenvalue weighted by Crippen LogP contribution is 2.25. The second kappa shape index (κ2) is 4.37. The van der Waals surface area contributed by atoms with Gasteiger partial charge in [0.25, 0.3) is 0 Å². The van der Waals surface area contributed by atoms with Crippen molar-refractivity contribution >= 4 is 11.2 Å². The molecule has 3 heterocycles. The Kier molecular flexibility index (Phi) is 2.78. The fourth-order valence-corrected chi connectivity index (χ4v) is 2.11. The SMILES string of the molecule is Cc1ccnc2c1nc(-c1ccco1)n2NC(C)(C)C. The highest BCUT2D eigenvalue weighted by Gasteiger charge is 2.20. The molecule has 0 aromatic carbocycles. The Balaban J connectivity index is 2.27. The fourth-order valence-electron chi connectivity index (χ4n) is 2.11. The Morgan fingerprint density at radius 3 is 2.70 bits per heavy atom. The lowest BCUT2D eigenvalue weighted by molar-refractivity contribution is 0.545.